The van der Waals surface area contributed by atoms with E-state index < -0.39 is 0 Å². The van der Waals surface area contributed by atoms with Crippen molar-refractivity contribution in [3.8, 4) is 0 Å². The van der Waals surface area contributed by atoms with E-state index in [1.807, 2.05) is 0 Å². The topological polar surface area (TPSA) is 29.9 Å². The van der Waals surface area contributed by atoms with Gasteiger partial charge in [-0.05, 0) is 49.4 Å². The van der Waals surface area contributed by atoms with Gasteiger partial charge in [-0.1, -0.05) is 19.1 Å². The number of hydrogen-bond acceptors (Lipinski definition) is 2. The first-order valence-corrected chi connectivity index (χ1v) is 7.72. The lowest BCUT2D eigenvalue weighted by molar-refractivity contribution is 0.620. The second-order valence-electron chi connectivity index (χ2n) is 5.45. The Morgan fingerprint density at radius 2 is 2.20 bits per heavy atom. The number of fused-ring (bicyclic) bond motifs is 1. The molecule has 0 spiro atoms. The third-order valence-corrected chi connectivity index (χ3v) is 4.14. The smallest absolute Gasteiger partial charge is 0.0624 e. The lowest BCUT2D eigenvalue weighted by atomic mass is 9.95. The third kappa shape index (κ3) is 2.45. The van der Waals surface area contributed by atoms with E-state index in [2.05, 4.69) is 53.2 Å². The van der Waals surface area contributed by atoms with Gasteiger partial charge in [0.2, 0.25) is 0 Å². The zero-order valence-corrected chi connectivity index (χ0v) is 12.4. The Morgan fingerprint density at radius 3 is 3.00 bits per heavy atom. The van der Waals surface area contributed by atoms with Gasteiger partial charge in [-0.15, -0.1) is 0 Å². The molecule has 3 nitrogen and oxygen atoms in total. The first-order valence-electron chi connectivity index (χ1n) is 7.72. The fraction of sp³-hybridized carbons (Fsp3) is 0.471. The van der Waals surface area contributed by atoms with E-state index in [4.69, 9.17) is 0 Å². The van der Waals surface area contributed by atoms with Crippen molar-refractivity contribution in [3.05, 3.63) is 46.8 Å². The minimum absolute atomic E-state index is 0.947. The molecule has 106 valence electrons. The van der Waals surface area contributed by atoms with Crippen LogP contribution in [0.3, 0.4) is 0 Å². The molecule has 20 heavy (non-hydrogen) atoms. The van der Waals surface area contributed by atoms with E-state index in [9.17, 15) is 0 Å². The second kappa shape index (κ2) is 5.70. The highest BCUT2D eigenvalue weighted by atomic mass is 15.3. The Hall–Kier alpha value is -1.77. The maximum Gasteiger partial charge on any atom is 0.0624 e. The van der Waals surface area contributed by atoms with Crippen LogP contribution in [0.5, 0.6) is 0 Å². The number of aromatic nitrogens is 2. The van der Waals surface area contributed by atoms with Gasteiger partial charge < -0.3 is 5.32 Å². The predicted molar refractivity (Wildman–Crippen MR) is 83.3 cm³/mol. The highest BCUT2D eigenvalue weighted by Crippen LogP contribution is 2.27. The fourth-order valence-corrected chi connectivity index (χ4v) is 3.05. The Kier molecular flexibility index (Phi) is 3.77. The lowest BCUT2D eigenvalue weighted by Gasteiger charge is -2.21. The van der Waals surface area contributed by atoms with Gasteiger partial charge in [-0.2, -0.15) is 5.10 Å². The first-order chi connectivity index (χ1) is 9.81. The van der Waals surface area contributed by atoms with Crippen molar-refractivity contribution in [2.45, 2.75) is 46.1 Å². The van der Waals surface area contributed by atoms with Gasteiger partial charge in [0.25, 0.3) is 0 Å². The van der Waals surface area contributed by atoms with Crippen molar-refractivity contribution in [2.75, 3.05) is 11.9 Å². The molecule has 1 aromatic carbocycles. The maximum atomic E-state index is 4.66. The van der Waals surface area contributed by atoms with Gasteiger partial charge in [0.05, 0.1) is 5.69 Å². The summed E-state index contributed by atoms with van der Waals surface area (Å²) in [4.78, 5) is 0. The van der Waals surface area contributed by atoms with Crippen molar-refractivity contribution >= 4 is 5.69 Å². The zero-order chi connectivity index (χ0) is 13.9. The molecule has 0 unspecified atom stereocenters. The highest BCUT2D eigenvalue weighted by Gasteiger charge is 2.14. The van der Waals surface area contributed by atoms with Crippen LogP contribution in [0.4, 0.5) is 5.69 Å². The van der Waals surface area contributed by atoms with Crippen LogP contribution in [0.1, 0.15) is 42.8 Å². The summed E-state index contributed by atoms with van der Waals surface area (Å²) in [7, 11) is 0. The number of benzene rings is 1. The number of rotatable bonds is 4. The molecule has 1 aromatic heterocycles. The summed E-state index contributed by atoms with van der Waals surface area (Å²) in [5.74, 6) is 0. The Bertz CT molecular complexity index is 598. The summed E-state index contributed by atoms with van der Waals surface area (Å²) >= 11 is 0. The van der Waals surface area contributed by atoms with Gasteiger partial charge >= 0.3 is 0 Å². The molecule has 3 rings (SSSR count). The third-order valence-electron chi connectivity index (χ3n) is 4.14. The molecule has 1 aliphatic heterocycles. The number of nitrogens with one attached hydrogen (secondary N) is 1. The summed E-state index contributed by atoms with van der Waals surface area (Å²) in [6.45, 7) is 6.38. The SMILES string of the molecule is CCc1cc(Cc2cccc3c2CCCN3)n(CC)n1. The van der Waals surface area contributed by atoms with Crippen molar-refractivity contribution in [3.63, 3.8) is 0 Å². The van der Waals surface area contributed by atoms with E-state index in [0.717, 1.165) is 25.9 Å². The van der Waals surface area contributed by atoms with Crippen molar-refractivity contribution in [1.29, 1.82) is 0 Å². The summed E-state index contributed by atoms with van der Waals surface area (Å²) in [6, 6.07) is 8.90. The molecular weight excluding hydrogens is 246 g/mol. The van der Waals surface area contributed by atoms with Crippen LogP contribution in [-0.2, 0) is 25.8 Å². The number of hydrogen-bond donors (Lipinski definition) is 1. The summed E-state index contributed by atoms with van der Waals surface area (Å²) in [6.07, 6.45) is 4.43. The van der Waals surface area contributed by atoms with E-state index in [-0.39, 0.29) is 0 Å². The molecule has 2 heterocycles. The summed E-state index contributed by atoms with van der Waals surface area (Å²) in [5, 5.41) is 8.17. The highest BCUT2D eigenvalue weighted by molar-refractivity contribution is 5.57. The van der Waals surface area contributed by atoms with Gasteiger partial charge in [-0.25, -0.2) is 0 Å². The quantitative estimate of drug-likeness (QED) is 0.921. The van der Waals surface area contributed by atoms with Gasteiger partial charge in [0, 0.05) is 30.9 Å². The Morgan fingerprint density at radius 1 is 1.30 bits per heavy atom. The molecule has 1 aliphatic rings. The zero-order valence-electron chi connectivity index (χ0n) is 12.4. The van der Waals surface area contributed by atoms with Gasteiger partial charge in [-0.3, -0.25) is 4.68 Å². The number of nitrogens with zero attached hydrogens (tertiary/aromatic N) is 2. The van der Waals surface area contributed by atoms with Crippen LogP contribution >= 0.6 is 0 Å². The van der Waals surface area contributed by atoms with Crippen LogP contribution in [-0.4, -0.2) is 16.3 Å². The minimum atomic E-state index is 0.947. The second-order valence-corrected chi connectivity index (χ2v) is 5.45. The van der Waals surface area contributed by atoms with E-state index in [1.54, 1.807) is 0 Å². The first kappa shape index (κ1) is 13.2. The maximum absolute atomic E-state index is 4.66. The average Bonchev–Trinajstić information content (AvgIpc) is 2.90. The molecule has 0 saturated carbocycles. The number of aryl methyl sites for hydroxylation is 2. The van der Waals surface area contributed by atoms with Gasteiger partial charge in [0.1, 0.15) is 0 Å². The molecule has 0 amide bonds. The fourth-order valence-electron chi connectivity index (χ4n) is 3.05. The molecule has 1 N–H and O–H groups in total. The minimum Gasteiger partial charge on any atom is -0.385 e. The van der Waals surface area contributed by atoms with Crippen LogP contribution in [0.15, 0.2) is 24.3 Å². The van der Waals surface area contributed by atoms with Crippen molar-refractivity contribution in [2.24, 2.45) is 0 Å². The van der Waals surface area contributed by atoms with Crippen LogP contribution < -0.4 is 5.32 Å². The Labute approximate surface area is 121 Å². The molecule has 2 aromatic rings. The molecule has 0 radical (unpaired) electrons. The van der Waals surface area contributed by atoms with E-state index >= 15 is 0 Å². The predicted octanol–water partition coefficient (Wildman–Crippen LogP) is 3.41. The molecule has 0 bridgehead atoms. The molecule has 0 fully saturated rings. The van der Waals surface area contributed by atoms with Crippen molar-refractivity contribution < 1.29 is 0 Å². The molecular formula is C17H23N3. The van der Waals surface area contributed by atoms with E-state index in [0.29, 0.717) is 0 Å². The lowest BCUT2D eigenvalue weighted by Crippen LogP contribution is -2.14. The normalized spacial score (nSPS) is 13.9. The largest absolute Gasteiger partial charge is 0.385 e. The average molecular weight is 269 g/mol. The summed E-state index contributed by atoms with van der Waals surface area (Å²) in [5.41, 5.74) is 6.81. The molecule has 0 saturated heterocycles. The molecule has 0 aliphatic carbocycles. The molecule has 0 atom stereocenters. The monoisotopic (exact) mass is 269 g/mol. The molecule has 3 heteroatoms. The van der Waals surface area contributed by atoms with Gasteiger partial charge in [0.15, 0.2) is 0 Å². The van der Waals surface area contributed by atoms with Crippen LogP contribution in [0.2, 0.25) is 0 Å². The van der Waals surface area contributed by atoms with Crippen LogP contribution in [0, 0.1) is 0 Å². The van der Waals surface area contributed by atoms with E-state index in [1.165, 1.54) is 41.0 Å². The summed E-state index contributed by atoms with van der Waals surface area (Å²) < 4.78 is 2.15. The standard InChI is InChI=1S/C17H23N3/c1-3-14-12-15(20(4-2)19-14)11-13-7-5-9-17-16(13)8-6-10-18-17/h5,7,9,12,18H,3-4,6,8,10-11H2,1-2H3. The number of anilines is 1. The van der Waals surface area contributed by atoms with Crippen molar-refractivity contribution in [1.82, 2.24) is 9.78 Å². The van der Waals surface area contributed by atoms with Crippen LogP contribution in [0.25, 0.3) is 0 Å². The Balaban J connectivity index is 1.93.